The Morgan fingerprint density at radius 2 is 1.79 bits per heavy atom. The number of methoxy groups -OCH3 is 2. The average Bonchev–Trinajstić information content (AvgIpc) is 2.25. The minimum atomic E-state index is 0.633. The largest absolute Gasteiger partial charge is 0.495 e. The molecule has 1 aromatic rings. The summed E-state index contributed by atoms with van der Waals surface area (Å²) in [6, 6.07) is 5.60. The SMILES string of the molecule is COc1cccc(OC)c1C#CCBr. The number of hydrogen-bond donors (Lipinski definition) is 0. The summed E-state index contributed by atoms with van der Waals surface area (Å²) in [5.41, 5.74) is 0.789. The van der Waals surface area contributed by atoms with Crippen molar-refractivity contribution < 1.29 is 9.47 Å². The summed E-state index contributed by atoms with van der Waals surface area (Å²) in [4.78, 5) is 0. The van der Waals surface area contributed by atoms with E-state index in [-0.39, 0.29) is 0 Å². The van der Waals surface area contributed by atoms with Gasteiger partial charge in [-0.25, -0.2) is 0 Å². The van der Waals surface area contributed by atoms with Crippen molar-refractivity contribution in [1.29, 1.82) is 0 Å². The fraction of sp³-hybridized carbons (Fsp3) is 0.273. The summed E-state index contributed by atoms with van der Waals surface area (Å²) < 4.78 is 10.4. The van der Waals surface area contributed by atoms with Gasteiger partial charge in [0.2, 0.25) is 0 Å². The highest BCUT2D eigenvalue weighted by atomic mass is 79.9. The van der Waals surface area contributed by atoms with E-state index in [9.17, 15) is 0 Å². The van der Waals surface area contributed by atoms with Gasteiger partial charge >= 0.3 is 0 Å². The maximum absolute atomic E-state index is 5.19. The lowest BCUT2D eigenvalue weighted by molar-refractivity contribution is 0.392. The Labute approximate surface area is 92.3 Å². The summed E-state index contributed by atoms with van der Waals surface area (Å²) >= 11 is 3.24. The molecule has 0 aliphatic carbocycles. The highest BCUT2D eigenvalue weighted by Crippen LogP contribution is 2.26. The molecule has 0 saturated heterocycles. The third-order valence-corrected chi connectivity index (χ3v) is 1.99. The van der Waals surface area contributed by atoms with Crippen molar-refractivity contribution in [3.63, 3.8) is 0 Å². The Hall–Kier alpha value is -1.14. The Bertz CT molecular complexity index is 341. The first kappa shape index (κ1) is 10.9. The van der Waals surface area contributed by atoms with Gasteiger partial charge in [-0.05, 0) is 12.1 Å². The molecule has 74 valence electrons. The molecule has 0 bridgehead atoms. The van der Waals surface area contributed by atoms with Gasteiger partial charge in [-0.3, -0.25) is 0 Å². The van der Waals surface area contributed by atoms with Crippen LogP contribution >= 0.6 is 15.9 Å². The molecule has 0 fully saturated rings. The van der Waals surface area contributed by atoms with Gasteiger partial charge in [-0.1, -0.05) is 33.8 Å². The van der Waals surface area contributed by atoms with Crippen molar-refractivity contribution in [2.24, 2.45) is 0 Å². The van der Waals surface area contributed by atoms with E-state index < -0.39 is 0 Å². The molecule has 0 aliphatic heterocycles. The minimum Gasteiger partial charge on any atom is -0.495 e. The molecule has 0 heterocycles. The van der Waals surface area contributed by atoms with Crippen LogP contribution in [0.25, 0.3) is 0 Å². The maximum atomic E-state index is 5.19. The second-order valence-electron chi connectivity index (χ2n) is 2.47. The van der Waals surface area contributed by atoms with Crippen LogP contribution in [0.2, 0.25) is 0 Å². The number of alkyl halides is 1. The van der Waals surface area contributed by atoms with E-state index in [4.69, 9.17) is 9.47 Å². The molecule has 0 spiro atoms. The zero-order valence-corrected chi connectivity index (χ0v) is 9.72. The summed E-state index contributed by atoms with van der Waals surface area (Å²) in [6.45, 7) is 0. The molecule has 2 nitrogen and oxygen atoms in total. The molecule has 0 amide bonds. The first-order valence-electron chi connectivity index (χ1n) is 4.09. The van der Waals surface area contributed by atoms with Crippen LogP contribution in [0.15, 0.2) is 18.2 Å². The second-order valence-corrected chi connectivity index (χ2v) is 3.03. The molecule has 0 radical (unpaired) electrons. The zero-order valence-electron chi connectivity index (χ0n) is 8.13. The summed E-state index contributed by atoms with van der Waals surface area (Å²) in [7, 11) is 3.24. The summed E-state index contributed by atoms with van der Waals surface area (Å²) in [6.07, 6.45) is 0. The minimum absolute atomic E-state index is 0.633. The number of halogens is 1. The van der Waals surface area contributed by atoms with Crippen LogP contribution in [0, 0.1) is 11.8 Å². The van der Waals surface area contributed by atoms with Gasteiger partial charge in [-0.15, -0.1) is 0 Å². The van der Waals surface area contributed by atoms with Crippen LogP contribution in [-0.4, -0.2) is 19.5 Å². The standard InChI is InChI=1S/C11H11BrO2/c1-13-10-6-3-7-11(14-2)9(10)5-4-8-12/h3,6-7H,8H2,1-2H3. The normalized spacial score (nSPS) is 8.79. The molecule has 0 aromatic heterocycles. The van der Waals surface area contributed by atoms with E-state index in [1.165, 1.54) is 0 Å². The van der Waals surface area contributed by atoms with Crippen molar-refractivity contribution in [3.8, 4) is 23.3 Å². The van der Waals surface area contributed by atoms with E-state index in [2.05, 4.69) is 27.8 Å². The third kappa shape index (κ3) is 2.43. The van der Waals surface area contributed by atoms with Crippen LogP contribution in [-0.2, 0) is 0 Å². The van der Waals surface area contributed by atoms with E-state index in [1.54, 1.807) is 14.2 Å². The van der Waals surface area contributed by atoms with Crippen LogP contribution in [0.1, 0.15) is 5.56 Å². The molecular weight excluding hydrogens is 244 g/mol. The molecular formula is C11H11BrO2. The highest BCUT2D eigenvalue weighted by molar-refractivity contribution is 9.09. The number of hydrogen-bond acceptors (Lipinski definition) is 2. The zero-order chi connectivity index (χ0) is 10.4. The number of ether oxygens (including phenoxy) is 2. The quantitative estimate of drug-likeness (QED) is 0.597. The maximum Gasteiger partial charge on any atom is 0.138 e. The Kier molecular flexibility index (Phi) is 4.34. The van der Waals surface area contributed by atoms with E-state index in [0.29, 0.717) is 5.33 Å². The third-order valence-electron chi connectivity index (χ3n) is 1.71. The van der Waals surface area contributed by atoms with E-state index in [1.807, 2.05) is 18.2 Å². The lowest BCUT2D eigenvalue weighted by Gasteiger charge is -2.07. The van der Waals surface area contributed by atoms with Gasteiger partial charge < -0.3 is 9.47 Å². The topological polar surface area (TPSA) is 18.5 Å². The van der Waals surface area contributed by atoms with Crippen LogP contribution in [0.3, 0.4) is 0 Å². The molecule has 14 heavy (non-hydrogen) atoms. The van der Waals surface area contributed by atoms with E-state index >= 15 is 0 Å². The smallest absolute Gasteiger partial charge is 0.138 e. The van der Waals surface area contributed by atoms with Gasteiger partial charge in [0.25, 0.3) is 0 Å². The van der Waals surface area contributed by atoms with Gasteiger partial charge in [0.05, 0.1) is 19.5 Å². The van der Waals surface area contributed by atoms with Gasteiger partial charge in [0.1, 0.15) is 17.1 Å². The van der Waals surface area contributed by atoms with Crippen LogP contribution in [0.5, 0.6) is 11.5 Å². The van der Waals surface area contributed by atoms with Crippen molar-refractivity contribution in [2.75, 3.05) is 19.5 Å². The summed E-state index contributed by atoms with van der Waals surface area (Å²) in [5.74, 6) is 7.38. The van der Waals surface area contributed by atoms with Gasteiger partial charge in [-0.2, -0.15) is 0 Å². The number of rotatable bonds is 2. The predicted octanol–water partition coefficient (Wildman–Crippen LogP) is 2.45. The monoisotopic (exact) mass is 254 g/mol. The molecule has 1 aromatic carbocycles. The molecule has 0 aliphatic rings. The molecule has 0 N–H and O–H groups in total. The van der Waals surface area contributed by atoms with Crippen molar-refractivity contribution in [3.05, 3.63) is 23.8 Å². The molecule has 0 unspecified atom stereocenters. The summed E-state index contributed by atoms with van der Waals surface area (Å²) in [5, 5.41) is 0.633. The fourth-order valence-corrected chi connectivity index (χ4v) is 1.24. The second kappa shape index (κ2) is 5.56. The van der Waals surface area contributed by atoms with Gasteiger partial charge in [0.15, 0.2) is 0 Å². The lowest BCUT2D eigenvalue weighted by atomic mass is 10.2. The average molecular weight is 255 g/mol. The Morgan fingerprint density at radius 3 is 2.21 bits per heavy atom. The fourth-order valence-electron chi connectivity index (χ4n) is 1.10. The molecule has 1 rings (SSSR count). The molecule has 0 saturated carbocycles. The van der Waals surface area contributed by atoms with Crippen molar-refractivity contribution in [1.82, 2.24) is 0 Å². The number of benzene rings is 1. The molecule has 3 heteroatoms. The Morgan fingerprint density at radius 1 is 1.21 bits per heavy atom. The lowest BCUT2D eigenvalue weighted by Crippen LogP contribution is -1.92. The van der Waals surface area contributed by atoms with Crippen molar-refractivity contribution >= 4 is 15.9 Å². The van der Waals surface area contributed by atoms with E-state index in [0.717, 1.165) is 17.1 Å². The highest BCUT2D eigenvalue weighted by Gasteiger charge is 2.05. The van der Waals surface area contributed by atoms with Crippen molar-refractivity contribution in [2.45, 2.75) is 0 Å². The first-order valence-corrected chi connectivity index (χ1v) is 5.21. The first-order chi connectivity index (χ1) is 6.83. The molecule has 0 atom stereocenters. The Balaban J connectivity index is 3.19. The van der Waals surface area contributed by atoms with Crippen LogP contribution < -0.4 is 9.47 Å². The van der Waals surface area contributed by atoms with Gasteiger partial charge in [0, 0.05) is 0 Å². The predicted molar refractivity (Wildman–Crippen MR) is 60.2 cm³/mol. The van der Waals surface area contributed by atoms with Crippen LogP contribution in [0.4, 0.5) is 0 Å².